The van der Waals surface area contributed by atoms with E-state index in [9.17, 15) is 14.4 Å². The molecule has 7 nitrogen and oxygen atoms in total. The molecule has 2 amide bonds. The number of nitrogens with one attached hydrogen (secondary N) is 2. The fraction of sp³-hybridized carbons (Fsp3) is 0.500. The summed E-state index contributed by atoms with van der Waals surface area (Å²) >= 11 is 1.32. The number of rotatable bonds is 18. The predicted octanol–water partition coefficient (Wildman–Crippen LogP) is 6.23. The quantitative estimate of drug-likeness (QED) is 0.0811. The van der Waals surface area contributed by atoms with Gasteiger partial charge in [0.15, 0.2) is 0 Å². The maximum atomic E-state index is 12.0. The van der Waals surface area contributed by atoms with Crippen LogP contribution < -0.4 is 15.5 Å². The summed E-state index contributed by atoms with van der Waals surface area (Å²) in [5.74, 6) is -0.475. The molecule has 0 saturated heterocycles. The highest BCUT2D eigenvalue weighted by Gasteiger charge is 2.09. The van der Waals surface area contributed by atoms with Gasteiger partial charge in [-0.25, -0.2) is 10.2 Å². The van der Waals surface area contributed by atoms with E-state index in [1.807, 2.05) is 5.38 Å². The maximum absolute atomic E-state index is 12.0. The van der Waals surface area contributed by atoms with Gasteiger partial charge in [0.25, 0.3) is 5.91 Å². The largest absolute Gasteiger partial charge is 0.422 e. The number of carbonyl (C=O) groups is 3. The molecule has 0 aliphatic heterocycles. The first kappa shape index (κ1) is 29.2. The molecular formula is C28H39N3O4S. The van der Waals surface area contributed by atoms with Crippen molar-refractivity contribution < 1.29 is 19.1 Å². The molecule has 1 aromatic heterocycles. The second-order valence-corrected chi connectivity index (χ2v) is 9.74. The number of thiophene rings is 1. The van der Waals surface area contributed by atoms with Crippen LogP contribution in [0.4, 0.5) is 0 Å². The van der Waals surface area contributed by atoms with Crippen molar-refractivity contribution in [2.45, 2.75) is 84.0 Å². The van der Waals surface area contributed by atoms with Crippen molar-refractivity contribution in [2.24, 2.45) is 5.10 Å². The zero-order valence-corrected chi connectivity index (χ0v) is 22.1. The van der Waals surface area contributed by atoms with Crippen molar-refractivity contribution in [1.82, 2.24) is 10.7 Å². The molecule has 2 rings (SSSR count). The van der Waals surface area contributed by atoms with Gasteiger partial charge in [0.05, 0.1) is 12.8 Å². The first-order chi connectivity index (χ1) is 17.6. The monoisotopic (exact) mass is 513 g/mol. The lowest BCUT2D eigenvalue weighted by atomic mass is 10.1. The van der Waals surface area contributed by atoms with Gasteiger partial charge < -0.3 is 10.1 Å². The first-order valence-corrected chi connectivity index (χ1v) is 13.9. The molecular weight excluding hydrogens is 474 g/mol. The Kier molecular flexibility index (Phi) is 14.9. The standard InChI is InChI=1S/C28H39N3O4S/c1-2-3-4-5-6-7-8-9-10-11-12-15-26(32)29-22-27(33)31-30-21-23-16-18-24(19-17-23)35-28(34)25-14-13-20-36-25/h13-14,16-21H,2-12,15,22H2,1H3,(H,29,32)(H,31,33)/b30-21+. The maximum Gasteiger partial charge on any atom is 0.353 e. The lowest BCUT2D eigenvalue weighted by Gasteiger charge is -2.05. The number of ether oxygens (including phenoxy) is 1. The third kappa shape index (κ3) is 13.2. The fourth-order valence-corrected chi connectivity index (χ4v) is 4.21. The van der Waals surface area contributed by atoms with Crippen LogP contribution >= 0.6 is 11.3 Å². The van der Waals surface area contributed by atoms with Crippen LogP contribution in [-0.4, -0.2) is 30.5 Å². The summed E-state index contributed by atoms with van der Waals surface area (Å²) in [6.45, 7) is 2.13. The van der Waals surface area contributed by atoms with E-state index in [-0.39, 0.29) is 18.4 Å². The van der Waals surface area contributed by atoms with E-state index in [1.165, 1.54) is 68.9 Å². The van der Waals surface area contributed by atoms with E-state index in [1.54, 1.807) is 36.4 Å². The number of benzene rings is 1. The molecule has 2 N–H and O–H groups in total. The number of hydrogen-bond acceptors (Lipinski definition) is 6. The zero-order valence-electron chi connectivity index (χ0n) is 21.3. The Labute approximate surface area is 218 Å². The highest BCUT2D eigenvalue weighted by atomic mass is 32.1. The van der Waals surface area contributed by atoms with Crippen molar-refractivity contribution in [3.8, 4) is 5.75 Å². The molecule has 36 heavy (non-hydrogen) atoms. The number of amides is 2. The Bertz CT molecular complexity index is 927. The van der Waals surface area contributed by atoms with E-state index in [0.717, 1.165) is 24.8 Å². The Morgan fingerprint density at radius 3 is 2.11 bits per heavy atom. The highest BCUT2D eigenvalue weighted by Crippen LogP contribution is 2.16. The molecule has 0 radical (unpaired) electrons. The number of hydrogen-bond donors (Lipinski definition) is 2. The molecule has 196 valence electrons. The molecule has 1 heterocycles. The van der Waals surface area contributed by atoms with Crippen LogP contribution in [0.15, 0.2) is 46.9 Å². The van der Waals surface area contributed by atoms with Gasteiger partial charge in [0.1, 0.15) is 10.6 Å². The summed E-state index contributed by atoms with van der Waals surface area (Å²) in [6.07, 6.45) is 15.5. The minimum absolute atomic E-state index is 0.105. The molecule has 0 aliphatic carbocycles. The highest BCUT2D eigenvalue weighted by molar-refractivity contribution is 7.12. The van der Waals surface area contributed by atoms with Crippen molar-refractivity contribution >= 4 is 35.3 Å². The Hall–Kier alpha value is -3.00. The van der Waals surface area contributed by atoms with E-state index < -0.39 is 5.97 Å². The van der Waals surface area contributed by atoms with Gasteiger partial charge in [-0.15, -0.1) is 11.3 Å². The minimum atomic E-state index is -0.399. The van der Waals surface area contributed by atoms with Gasteiger partial charge in [-0.3, -0.25) is 9.59 Å². The van der Waals surface area contributed by atoms with Crippen LogP contribution in [0.25, 0.3) is 0 Å². The van der Waals surface area contributed by atoms with E-state index in [2.05, 4.69) is 22.8 Å². The topological polar surface area (TPSA) is 96.9 Å². The van der Waals surface area contributed by atoms with Gasteiger partial charge in [0, 0.05) is 6.42 Å². The Morgan fingerprint density at radius 1 is 0.861 bits per heavy atom. The molecule has 1 aromatic carbocycles. The molecule has 0 saturated carbocycles. The molecule has 0 fully saturated rings. The molecule has 0 spiro atoms. The molecule has 0 bridgehead atoms. The number of esters is 1. The number of hydrazone groups is 1. The fourth-order valence-electron chi connectivity index (χ4n) is 3.61. The van der Waals surface area contributed by atoms with Crippen LogP contribution in [0.5, 0.6) is 5.75 Å². The summed E-state index contributed by atoms with van der Waals surface area (Å²) in [5, 5.41) is 8.35. The minimum Gasteiger partial charge on any atom is -0.422 e. The summed E-state index contributed by atoms with van der Waals surface area (Å²) in [4.78, 5) is 36.3. The van der Waals surface area contributed by atoms with Crippen molar-refractivity contribution in [2.75, 3.05) is 6.54 Å². The summed E-state index contributed by atoms with van der Waals surface area (Å²) < 4.78 is 5.30. The summed E-state index contributed by atoms with van der Waals surface area (Å²) in [5.41, 5.74) is 3.12. The second-order valence-electron chi connectivity index (χ2n) is 8.79. The predicted molar refractivity (Wildman–Crippen MR) is 146 cm³/mol. The molecule has 0 aliphatic rings. The second kappa shape index (κ2) is 18.3. The van der Waals surface area contributed by atoms with Gasteiger partial charge in [0.2, 0.25) is 5.91 Å². The van der Waals surface area contributed by atoms with Crippen molar-refractivity contribution in [3.05, 3.63) is 52.2 Å². The van der Waals surface area contributed by atoms with E-state index in [0.29, 0.717) is 17.0 Å². The van der Waals surface area contributed by atoms with E-state index >= 15 is 0 Å². The summed E-state index contributed by atoms with van der Waals surface area (Å²) in [7, 11) is 0. The third-order valence-corrected chi connectivity index (χ3v) is 6.52. The molecule has 2 aromatic rings. The van der Waals surface area contributed by atoms with Crippen LogP contribution in [0.1, 0.15) is 99.2 Å². The SMILES string of the molecule is CCCCCCCCCCCCCC(=O)NCC(=O)N/N=C/c1ccc(OC(=O)c2cccs2)cc1. The number of carbonyl (C=O) groups excluding carboxylic acids is 3. The zero-order chi connectivity index (χ0) is 25.8. The first-order valence-electron chi connectivity index (χ1n) is 13.0. The van der Waals surface area contributed by atoms with Gasteiger partial charge in [-0.2, -0.15) is 5.10 Å². The summed E-state index contributed by atoms with van der Waals surface area (Å²) in [6, 6.07) is 10.3. The number of unbranched alkanes of at least 4 members (excludes halogenated alkanes) is 10. The van der Waals surface area contributed by atoms with Gasteiger partial charge in [-0.1, -0.05) is 77.2 Å². The van der Waals surface area contributed by atoms with Crippen molar-refractivity contribution in [1.29, 1.82) is 0 Å². The van der Waals surface area contributed by atoms with Crippen LogP contribution in [0.3, 0.4) is 0 Å². The Morgan fingerprint density at radius 2 is 1.50 bits per heavy atom. The van der Waals surface area contributed by atoms with E-state index in [4.69, 9.17) is 4.74 Å². The molecule has 0 unspecified atom stereocenters. The third-order valence-electron chi connectivity index (χ3n) is 5.67. The number of nitrogens with zero attached hydrogens (tertiary/aromatic N) is 1. The average Bonchev–Trinajstić information content (AvgIpc) is 3.42. The van der Waals surface area contributed by atoms with Crippen molar-refractivity contribution in [3.63, 3.8) is 0 Å². The smallest absolute Gasteiger partial charge is 0.353 e. The average molecular weight is 514 g/mol. The van der Waals surface area contributed by atoms with Gasteiger partial charge in [-0.05, 0) is 47.7 Å². The lowest BCUT2D eigenvalue weighted by Crippen LogP contribution is -2.34. The normalized spacial score (nSPS) is 10.9. The molecule has 8 heteroatoms. The van der Waals surface area contributed by atoms with Crippen LogP contribution in [0, 0.1) is 0 Å². The van der Waals surface area contributed by atoms with Gasteiger partial charge >= 0.3 is 5.97 Å². The van der Waals surface area contributed by atoms with Crippen LogP contribution in [-0.2, 0) is 9.59 Å². The molecule has 0 atom stereocenters. The lowest BCUT2D eigenvalue weighted by molar-refractivity contribution is -0.126. The van der Waals surface area contributed by atoms with Crippen LogP contribution in [0.2, 0.25) is 0 Å². The Balaban J connectivity index is 1.49.